The first-order chi connectivity index (χ1) is 11.9. The maximum atomic E-state index is 12.3. The Balaban J connectivity index is 1.45. The Morgan fingerprint density at radius 1 is 1.16 bits per heavy atom. The van der Waals surface area contributed by atoms with Gasteiger partial charge in [-0.25, -0.2) is 0 Å². The number of carboxylic acids is 1. The third kappa shape index (κ3) is 3.67. The molecule has 3 rings (SSSR count). The molecule has 1 N–H and O–H groups in total. The first kappa shape index (κ1) is 17.5. The number of amides is 1. The van der Waals surface area contributed by atoms with Crippen LogP contribution in [-0.4, -0.2) is 47.9 Å². The molecular formula is C19H23NO5. The summed E-state index contributed by atoms with van der Waals surface area (Å²) < 4.78 is 5.06. The molecule has 6 heteroatoms. The summed E-state index contributed by atoms with van der Waals surface area (Å²) in [4.78, 5) is 37.3. The molecular weight excluding hydrogens is 322 g/mol. The fourth-order valence-electron chi connectivity index (χ4n) is 3.75. The zero-order chi connectivity index (χ0) is 18.0. The van der Waals surface area contributed by atoms with Gasteiger partial charge in [0.25, 0.3) is 0 Å². The monoisotopic (exact) mass is 345 g/mol. The molecule has 1 aromatic rings. The van der Waals surface area contributed by atoms with Crippen LogP contribution in [0.2, 0.25) is 0 Å². The van der Waals surface area contributed by atoms with Crippen LogP contribution in [0.15, 0.2) is 24.3 Å². The number of Topliss-reactive ketones (excluding diaryl/α,β-unsaturated/α-hetero) is 1. The summed E-state index contributed by atoms with van der Waals surface area (Å²) in [6.45, 7) is 1.19. The predicted octanol–water partition coefficient (Wildman–Crippen LogP) is 2.37. The molecule has 1 saturated heterocycles. The summed E-state index contributed by atoms with van der Waals surface area (Å²) in [5.74, 6) is -0.345. The predicted molar refractivity (Wildman–Crippen MR) is 90.5 cm³/mol. The van der Waals surface area contributed by atoms with Gasteiger partial charge in [-0.15, -0.1) is 0 Å². The summed E-state index contributed by atoms with van der Waals surface area (Å²) in [6.07, 6.45) is 2.62. The molecule has 134 valence electrons. The number of carbonyl (C=O) groups is 3. The fraction of sp³-hybridized carbons (Fsp3) is 0.526. The first-order valence-electron chi connectivity index (χ1n) is 8.63. The minimum atomic E-state index is -0.718. The lowest BCUT2D eigenvalue weighted by molar-refractivity contribution is -0.139. The van der Waals surface area contributed by atoms with Crippen molar-refractivity contribution >= 4 is 17.7 Å². The first-order valence-corrected chi connectivity index (χ1v) is 8.63. The van der Waals surface area contributed by atoms with Crippen LogP contribution in [0.4, 0.5) is 0 Å². The summed E-state index contributed by atoms with van der Waals surface area (Å²) in [7, 11) is 1.57. The van der Waals surface area contributed by atoms with Crippen molar-refractivity contribution in [2.24, 2.45) is 11.3 Å². The Morgan fingerprint density at radius 3 is 2.32 bits per heavy atom. The second-order valence-electron chi connectivity index (χ2n) is 6.99. The van der Waals surface area contributed by atoms with E-state index in [-0.39, 0.29) is 35.9 Å². The number of ether oxygens (including phenoxy) is 1. The quantitative estimate of drug-likeness (QED) is 0.800. The summed E-state index contributed by atoms with van der Waals surface area (Å²) in [5, 5.41) is 9.11. The number of ketones is 1. The van der Waals surface area contributed by atoms with E-state index in [1.807, 2.05) is 0 Å². The molecule has 1 aliphatic heterocycles. The number of piperidine rings is 1. The number of hydrogen-bond acceptors (Lipinski definition) is 4. The molecule has 1 amide bonds. The number of rotatable bonds is 6. The van der Waals surface area contributed by atoms with Gasteiger partial charge in [-0.2, -0.15) is 0 Å². The minimum Gasteiger partial charge on any atom is -0.497 e. The smallest absolute Gasteiger partial charge is 0.307 e. The number of benzene rings is 1. The Hall–Kier alpha value is -2.37. The van der Waals surface area contributed by atoms with E-state index in [2.05, 4.69) is 0 Å². The zero-order valence-corrected chi connectivity index (χ0v) is 14.4. The Bertz CT molecular complexity index is 674. The average Bonchev–Trinajstić information content (AvgIpc) is 3.34. The maximum absolute atomic E-state index is 12.3. The molecule has 0 radical (unpaired) electrons. The summed E-state index contributed by atoms with van der Waals surface area (Å²) in [5.41, 5.74) is 0.495. The second-order valence-corrected chi connectivity index (χ2v) is 6.99. The van der Waals surface area contributed by atoms with E-state index in [1.54, 1.807) is 36.3 Å². The molecule has 6 nitrogen and oxygen atoms in total. The van der Waals surface area contributed by atoms with Crippen molar-refractivity contribution in [1.82, 2.24) is 4.90 Å². The van der Waals surface area contributed by atoms with Gasteiger partial charge in [0.15, 0.2) is 5.78 Å². The molecule has 1 saturated carbocycles. The van der Waals surface area contributed by atoms with Crippen LogP contribution in [0, 0.1) is 11.3 Å². The van der Waals surface area contributed by atoms with Gasteiger partial charge >= 0.3 is 5.97 Å². The van der Waals surface area contributed by atoms with Crippen LogP contribution in [0.1, 0.15) is 42.5 Å². The van der Waals surface area contributed by atoms with Crippen molar-refractivity contribution < 1.29 is 24.2 Å². The van der Waals surface area contributed by atoms with Crippen LogP contribution < -0.4 is 4.74 Å². The number of carbonyl (C=O) groups excluding carboxylic acids is 2. The normalized spacial score (nSPS) is 21.0. The second kappa shape index (κ2) is 6.86. The van der Waals surface area contributed by atoms with E-state index in [4.69, 9.17) is 9.84 Å². The van der Waals surface area contributed by atoms with Crippen molar-refractivity contribution in [3.8, 4) is 5.75 Å². The van der Waals surface area contributed by atoms with Gasteiger partial charge in [-0.3, -0.25) is 14.4 Å². The lowest BCUT2D eigenvalue weighted by Crippen LogP contribution is -2.40. The highest BCUT2D eigenvalue weighted by Gasteiger charge is 2.59. The molecule has 0 bridgehead atoms. The molecule has 0 aromatic heterocycles. The third-order valence-corrected chi connectivity index (χ3v) is 5.58. The minimum absolute atomic E-state index is 0.0239. The van der Waals surface area contributed by atoms with E-state index >= 15 is 0 Å². The molecule has 2 aliphatic rings. The lowest BCUT2D eigenvalue weighted by atomic mass is 9.90. The van der Waals surface area contributed by atoms with Crippen molar-refractivity contribution in [1.29, 1.82) is 0 Å². The molecule has 2 fully saturated rings. The van der Waals surface area contributed by atoms with E-state index in [0.29, 0.717) is 24.4 Å². The van der Waals surface area contributed by atoms with E-state index in [9.17, 15) is 14.4 Å². The van der Waals surface area contributed by atoms with Gasteiger partial charge < -0.3 is 14.7 Å². The Kier molecular flexibility index (Phi) is 4.79. The van der Waals surface area contributed by atoms with Gasteiger partial charge in [-0.1, -0.05) is 0 Å². The van der Waals surface area contributed by atoms with E-state index < -0.39 is 5.97 Å². The largest absolute Gasteiger partial charge is 0.497 e. The molecule has 1 aliphatic carbocycles. The highest BCUT2D eigenvalue weighted by Crippen LogP contribution is 2.59. The van der Waals surface area contributed by atoms with Crippen molar-refractivity contribution in [2.75, 3.05) is 20.2 Å². The van der Waals surface area contributed by atoms with Gasteiger partial charge in [0.2, 0.25) is 5.91 Å². The fourth-order valence-corrected chi connectivity index (χ4v) is 3.75. The van der Waals surface area contributed by atoms with Crippen LogP contribution in [-0.2, 0) is 9.59 Å². The number of methoxy groups -OCH3 is 1. The molecule has 25 heavy (non-hydrogen) atoms. The molecule has 1 spiro atoms. The van der Waals surface area contributed by atoms with Crippen molar-refractivity contribution in [3.63, 3.8) is 0 Å². The highest BCUT2D eigenvalue weighted by molar-refractivity contribution is 5.98. The number of aliphatic carboxylic acids is 1. The topological polar surface area (TPSA) is 83.9 Å². The van der Waals surface area contributed by atoms with Crippen LogP contribution >= 0.6 is 0 Å². The number of carboxylic acid groups (broad SMARTS) is 1. The van der Waals surface area contributed by atoms with Gasteiger partial charge in [0, 0.05) is 31.5 Å². The van der Waals surface area contributed by atoms with Gasteiger partial charge in [0.05, 0.1) is 13.0 Å². The average molecular weight is 345 g/mol. The zero-order valence-electron chi connectivity index (χ0n) is 14.4. The third-order valence-electron chi connectivity index (χ3n) is 5.58. The highest BCUT2D eigenvalue weighted by atomic mass is 16.5. The molecule has 1 heterocycles. The maximum Gasteiger partial charge on any atom is 0.307 e. The van der Waals surface area contributed by atoms with Gasteiger partial charge in [-0.05, 0) is 48.9 Å². The summed E-state index contributed by atoms with van der Waals surface area (Å²) in [6, 6.07) is 6.87. The van der Waals surface area contributed by atoms with E-state index in [1.165, 1.54) is 0 Å². The SMILES string of the molecule is COc1ccc(C(=O)CCC(=O)N2CCC3(CC2)CC3C(=O)O)cc1. The lowest BCUT2D eigenvalue weighted by Gasteiger charge is -2.32. The molecule has 1 unspecified atom stereocenters. The molecule has 1 aromatic carbocycles. The standard InChI is InChI=1S/C19H23NO5/c1-25-14-4-2-13(3-5-14)16(21)6-7-17(22)20-10-8-19(9-11-20)12-15(19)18(23)24/h2-5,15H,6-12H2,1H3,(H,23,24). The Morgan fingerprint density at radius 2 is 1.80 bits per heavy atom. The van der Waals surface area contributed by atoms with Gasteiger partial charge in [0.1, 0.15) is 5.75 Å². The number of likely N-dealkylation sites (tertiary alicyclic amines) is 1. The van der Waals surface area contributed by atoms with Crippen molar-refractivity contribution in [2.45, 2.75) is 32.1 Å². The van der Waals surface area contributed by atoms with Crippen LogP contribution in [0.3, 0.4) is 0 Å². The van der Waals surface area contributed by atoms with Crippen LogP contribution in [0.5, 0.6) is 5.75 Å². The Labute approximate surface area is 146 Å². The van der Waals surface area contributed by atoms with E-state index in [0.717, 1.165) is 19.3 Å². The molecule has 1 atom stereocenters. The summed E-state index contributed by atoms with van der Waals surface area (Å²) >= 11 is 0. The number of hydrogen-bond donors (Lipinski definition) is 1. The van der Waals surface area contributed by atoms with Crippen LogP contribution in [0.25, 0.3) is 0 Å². The number of nitrogens with zero attached hydrogens (tertiary/aromatic N) is 1. The van der Waals surface area contributed by atoms with Crippen molar-refractivity contribution in [3.05, 3.63) is 29.8 Å².